The van der Waals surface area contributed by atoms with E-state index in [1.165, 1.54) is 0 Å². The van der Waals surface area contributed by atoms with E-state index in [2.05, 4.69) is 22.1 Å². The third-order valence-electron chi connectivity index (χ3n) is 4.01. The van der Waals surface area contributed by atoms with E-state index in [1.54, 1.807) is 13.1 Å². The average Bonchev–Trinajstić information content (AvgIpc) is 2.81. The van der Waals surface area contributed by atoms with E-state index in [0.717, 1.165) is 12.2 Å². The summed E-state index contributed by atoms with van der Waals surface area (Å²) in [4.78, 5) is 18.0. The summed E-state index contributed by atoms with van der Waals surface area (Å²) in [5, 5.41) is 12.6. The zero-order valence-electron chi connectivity index (χ0n) is 13.8. The summed E-state index contributed by atoms with van der Waals surface area (Å²) >= 11 is 0. The summed E-state index contributed by atoms with van der Waals surface area (Å²) in [6.07, 6.45) is 5.15. The monoisotopic (exact) mass is 296 g/mol. The van der Waals surface area contributed by atoms with Crippen molar-refractivity contribution in [2.75, 3.05) is 13.6 Å². The topological polar surface area (TPSA) is 70.4 Å². The predicted octanol–water partition coefficient (Wildman–Crippen LogP) is 1.47. The van der Waals surface area contributed by atoms with Crippen LogP contribution in [0.15, 0.2) is 12.4 Å². The van der Waals surface area contributed by atoms with Gasteiger partial charge in [-0.15, -0.1) is 0 Å². The number of carboxylic acid groups (broad SMARTS) is 1. The van der Waals surface area contributed by atoms with Crippen molar-refractivity contribution in [1.29, 1.82) is 0 Å². The highest BCUT2D eigenvalue weighted by Gasteiger charge is 2.34. The molecule has 2 atom stereocenters. The summed E-state index contributed by atoms with van der Waals surface area (Å²) in [5.74, 6) is 0.177. The van der Waals surface area contributed by atoms with Gasteiger partial charge in [0, 0.05) is 25.5 Å². The van der Waals surface area contributed by atoms with Crippen molar-refractivity contribution >= 4 is 5.97 Å². The number of aliphatic carboxylic acids is 1. The molecular formula is C15H28N4O2. The highest BCUT2D eigenvalue weighted by atomic mass is 16.4. The second-order valence-electron chi connectivity index (χ2n) is 5.99. The predicted molar refractivity (Wildman–Crippen MR) is 83.1 cm³/mol. The molecule has 2 unspecified atom stereocenters. The van der Waals surface area contributed by atoms with Gasteiger partial charge in [-0.3, -0.25) is 9.69 Å². The molecule has 6 heteroatoms. The number of carboxylic acids is 1. The molecule has 0 saturated heterocycles. The van der Waals surface area contributed by atoms with Crippen LogP contribution in [0, 0.1) is 0 Å². The van der Waals surface area contributed by atoms with Crippen LogP contribution in [0.5, 0.6) is 0 Å². The van der Waals surface area contributed by atoms with Gasteiger partial charge in [-0.2, -0.15) is 0 Å². The number of aryl methyl sites for hydroxylation is 1. The summed E-state index contributed by atoms with van der Waals surface area (Å²) in [5.41, 5.74) is -0.897. The highest BCUT2D eigenvalue weighted by molar-refractivity contribution is 5.78. The normalized spacial score (nSPS) is 15.9. The lowest BCUT2D eigenvalue weighted by molar-refractivity contribution is -0.145. The van der Waals surface area contributed by atoms with E-state index in [1.807, 2.05) is 31.8 Å². The van der Waals surface area contributed by atoms with Crippen molar-refractivity contribution < 1.29 is 9.90 Å². The van der Waals surface area contributed by atoms with Crippen LogP contribution in [0.2, 0.25) is 0 Å². The van der Waals surface area contributed by atoms with E-state index in [4.69, 9.17) is 0 Å². The molecule has 1 aromatic heterocycles. The second-order valence-corrected chi connectivity index (χ2v) is 5.99. The Kier molecular flexibility index (Phi) is 6.36. The zero-order chi connectivity index (χ0) is 16.0. The molecular weight excluding hydrogens is 268 g/mol. The Balaban J connectivity index is 2.66. The Morgan fingerprint density at radius 3 is 2.76 bits per heavy atom. The van der Waals surface area contributed by atoms with Gasteiger partial charge in [0.05, 0.1) is 6.54 Å². The fourth-order valence-electron chi connectivity index (χ4n) is 2.31. The minimum absolute atomic E-state index is 0.132. The minimum Gasteiger partial charge on any atom is -0.480 e. The van der Waals surface area contributed by atoms with Gasteiger partial charge in [0.2, 0.25) is 0 Å². The first-order chi connectivity index (χ1) is 9.80. The van der Waals surface area contributed by atoms with Crippen LogP contribution in [0.1, 0.15) is 39.4 Å². The Hall–Kier alpha value is -1.40. The molecule has 6 nitrogen and oxygen atoms in total. The van der Waals surface area contributed by atoms with Gasteiger partial charge < -0.3 is 15.0 Å². The molecule has 1 aromatic rings. The average molecular weight is 296 g/mol. The Bertz CT molecular complexity index is 460. The highest BCUT2D eigenvalue weighted by Crippen LogP contribution is 2.17. The largest absolute Gasteiger partial charge is 0.480 e. The van der Waals surface area contributed by atoms with E-state index in [9.17, 15) is 9.90 Å². The molecule has 0 radical (unpaired) electrons. The number of rotatable bonds is 9. The van der Waals surface area contributed by atoms with Crippen LogP contribution < -0.4 is 5.32 Å². The van der Waals surface area contributed by atoms with E-state index < -0.39 is 11.5 Å². The molecule has 0 aliphatic carbocycles. The number of carbonyl (C=O) groups is 1. The van der Waals surface area contributed by atoms with Gasteiger partial charge in [-0.1, -0.05) is 6.92 Å². The summed E-state index contributed by atoms with van der Waals surface area (Å²) in [7, 11) is 3.96. The Labute approximate surface area is 127 Å². The maximum absolute atomic E-state index is 11.6. The SMILES string of the molecule is CCCNC(C)(CC(C)N(C)Cc1nccn1C)C(=O)O. The third-order valence-corrected chi connectivity index (χ3v) is 4.01. The van der Waals surface area contributed by atoms with E-state index in [-0.39, 0.29) is 6.04 Å². The molecule has 21 heavy (non-hydrogen) atoms. The molecule has 1 rings (SSSR count). The number of hydrogen-bond acceptors (Lipinski definition) is 4. The van der Waals surface area contributed by atoms with Gasteiger partial charge in [-0.25, -0.2) is 4.98 Å². The lowest BCUT2D eigenvalue weighted by Gasteiger charge is -2.33. The van der Waals surface area contributed by atoms with Gasteiger partial charge in [0.25, 0.3) is 0 Å². The molecule has 0 aliphatic heterocycles. The molecule has 2 N–H and O–H groups in total. The molecule has 0 aliphatic rings. The fraction of sp³-hybridized carbons (Fsp3) is 0.733. The molecule has 0 spiro atoms. The van der Waals surface area contributed by atoms with Crippen molar-refractivity contribution in [2.45, 2.75) is 51.7 Å². The van der Waals surface area contributed by atoms with Gasteiger partial charge in [-0.05, 0) is 40.3 Å². The second kappa shape index (κ2) is 7.56. The van der Waals surface area contributed by atoms with Crippen molar-refractivity contribution in [3.8, 4) is 0 Å². The number of hydrogen-bond donors (Lipinski definition) is 2. The van der Waals surface area contributed by atoms with Gasteiger partial charge in [0.15, 0.2) is 0 Å². The van der Waals surface area contributed by atoms with Crippen LogP contribution in [-0.2, 0) is 18.4 Å². The Morgan fingerprint density at radius 2 is 2.29 bits per heavy atom. The molecule has 0 saturated carbocycles. The number of aromatic nitrogens is 2. The first-order valence-electron chi connectivity index (χ1n) is 7.45. The molecule has 0 fully saturated rings. The van der Waals surface area contributed by atoms with Crippen molar-refractivity contribution in [1.82, 2.24) is 19.8 Å². The van der Waals surface area contributed by atoms with Crippen LogP contribution in [-0.4, -0.2) is 50.7 Å². The van der Waals surface area contributed by atoms with E-state index in [0.29, 0.717) is 19.5 Å². The third kappa shape index (κ3) is 4.82. The first kappa shape index (κ1) is 17.7. The van der Waals surface area contributed by atoms with Crippen LogP contribution in [0.3, 0.4) is 0 Å². The maximum atomic E-state index is 11.6. The number of imidazole rings is 1. The molecule has 1 heterocycles. The first-order valence-corrected chi connectivity index (χ1v) is 7.45. The molecule has 120 valence electrons. The van der Waals surface area contributed by atoms with Crippen LogP contribution >= 0.6 is 0 Å². The van der Waals surface area contributed by atoms with Gasteiger partial charge in [0.1, 0.15) is 11.4 Å². The molecule has 0 bridgehead atoms. The molecule has 0 aromatic carbocycles. The quantitative estimate of drug-likeness (QED) is 0.722. The summed E-state index contributed by atoms with van der Waals surface area (Å²) in [6, 6.07) is 0.132. The van der Waals surface area contributed by atoms with Gasteiger partial charge >= 0.3 is 5.97 Å². The lowest BCUT2D eigenvalue weighted by atomic mass is 9.93. The van der Waals surface area contributed by atoms with Crippen LogP contribution in [0.4, 0.5) is 0 Å². The molecule has 0 amide bonds. The standard InChI is InChI=1S/C15H28N4O2/c1-6-7-17-15(3,14(20)21)10-12(2)19(5)11-13-16-8-9-18(13)4/h8-9,12,17H,6-7,10-11H2,1-5H3,(H,20,21). The maximum Gasteiger partial charge on any atom is 0.323 e. The van der Waals surface area contributed by atoms with E-state index >= 15 is 0 Å². The van der Waals surface area contributed by atoms with Crippen molar-refractivity contribution in [2.24, 2.45) is 7.05 Å². The van der Waals surface area contributed by atoms with Crippen molar-refractivity contribution in [3.63, 3.8) is 0 Å². The smallest absolute Gasteiger partial charge is 0.323 e. The number of nitrogens with one attached hydrogen (secondary N) is 1. The lowest BCUT2D eigenvalue weighted by Crippen LogP contribution is -2.53. The van der Waals surface area contributed by atoms with Crippen molar-refractivity contribution in [3.05, 3.63) is 18.2 Å². The zero-order valence-corrected chi connectivity index (χ0v) is 13.8. The fourth-order valence-corrected chi connectivity index (χ4v) is 2.31. The minimum atomic E-state index is -0.897. The Morgan fingerprint density at radius 1 is 1.62 bits per heavy atom. The summed E-state index contributed by atoms with van der Waals surface area (Å²) in [6.45, 7) is 7.26. The number of nitrogens with zero attached hydrogens (tertiary/aromatic N) is 3. The summed E-state index contributed by atoms with van der Waals surface area (Å²) < 4.78 is 1.98. The van der Waals surface area contributed by atoms with Crippen LogP contribution in [0.25, 0.3) is 0 Å².